The molecule has 9 heteroatoms. The Kier molecular flexibility index (Phi) is 8.06. The van der Waals surface area contributed by atoms with E-state index in [9.17, 15) is 13.2 Å². The van der Waals surface area contributed by atoms with Crippen molar-refractivity contribution in [2.24, 2.45) is 0 Å². The lowest BCUT2D eigenvalue weighted by molar-refractivity contribution is -0.131. The van der Waals surface area contributed by atoms with Gasteiger partial charge in [0.2, 0.25) is 5.91 Å². The van der Waals surface area contributed by atoms with Gasteiger partial charge in [0, 0.05) is 46.3 Å². The number of rotatable bonds is 4. The molecule has 7 nitrogen and oxygen atoms in total. The third-order valence-electron chi connectivity index (χ3n) is 4.11. The Morgan fingerprint density at radius 3 is 2.14 bits per heavy atom. The molecule has 2 heterocycles. The summed E-state index contributed by atoms with van der Waals surface area (Å²) in [7, 11) is -2.02. The van der Waals surface area contributed by atoms with E-state index in [0.717, 1.165) is 38.8 Å². The van der Waals surface area contributed by atoms with Crippen LogP contribution in [0.4, 0.5) is 0 Å². The lowest BCUT2D eigenvalue weighted by atomic mass is 10.2. The Morgan fingerprint density at radius 2 is 1.59 bits per heavy atom. The average molecular weight is 355 g/mol. The van der Waals surface area contributed by atoms with Crippen LogP contribution in [0.1, 0.15) is 25.7 Å². The van der Waals surface area contributed by atoms with Crippen LogP contribution in [0.15, 0.2) is 0 Å². The zero-order chi connectivity index (χ0) is 15.3. The quantitative estimate of drug-likeness (QED) is 0.764. The van der Waals surface area contributed by atoms with Crippen LogP contribution < -0.4 is 5.32 Å². The Balaban J connectivity index is 0.00000242. The fraction of sp³-hybridized carbons (Fsp3) is 0.923. The molecule has 2 aliphatic heterocycles. The number of carbonyl (C=O) groups is 1. The topological polar surface area (TPSA) is 73.0 Å². The zero-order valence-electron chi connectivity index (χ0n) is 13.2. The highest BCUT2D eigenvalue weighted by atomic mass is 35.5. The van der Waals surface area contributed by atoms with E-state index in [1.54, 1.807) is 4.90 Å². The highest BCUT2D eigenvalue weighted by molar-refractivity contribution is 7.86. The van der Waals surface area contributed by atoms with Crippen molar-refractivity contribution in [1.82, 2.24) is 18.8 Å². The predicted octanol–water partition coefficient (Wildman–Crippen LogP) is -0.107. The molecule has 2 aliphatic rings. The van der Waals surface area contributed by atoms with Gasteiger partial charge < -0.3 is 10.2 Å². The molecule has 1 amide bonds. The summed E-state index contributed by atoms with van der Waals surface area (Å²) in [5.41, 5.74) is 0. The fourth-order valence-electron chi connectivity index (χ4n) is 2.76. The Morgan fingerprint density at radius 1 is 1.05 bits per heavy atom. The molecule has 0 aromatic carbocycles. The average Bonchev–Trinajstić information content (AvgIpc) is 2.77. The molecular weight excluding hydrogens is 328 g/mol. The normalized spacial score (nSPS) is 21.3. The second-order valence-corrected chi connectivity index (χ2v) is 7.74. The van der Waals surface area contributed by atoms with Gasteiger partial charge in [-0.1, -0.05) is 12.8 Å². The summed E-state index contributed by atoms with van der Waals surface area (Å²) in [6.45, 7) is 3.90. The van der Waals surface area contributed by atoms with Gasteiger partial charge in [-0.3, -0.25) is 4.79 Å². The van der Waals surface area contributed by atoms with Crippen LogP contribution in [0.3, 0.4) is 0 Å². The molecule has 0 atom stereocenters. The van der Waals surface area contributed by atoms with Gasteiger partial charge in [0.1, 0.15) is 0 Å². The summed E-state index contributed by atoms with van der Waals surface area (Å²) in [4.78, 5) is 13.9. The number of nitrogens with zero attached hydrogens (tertiary/aromatic N) is 3. The molecule has 0 bridgehead atoms. The zero-order valence-corrected chi connectivity index (χ0v) is 14.8. The third kappa shape index (κ3) is 5.06. The van der Waals surface area contributed by atoms with Gasteiger partial charge in [0.05, 0.1) is 6.54 Å². The summed E-state index contributed by atoms with van der Waals surface area (Å²) in [5, 5.41) is 3.18. The molecule has 2 rings (SSSR count). The fourth-order valence-corrected chi connectivity index (χ4v) is 4.14. The number of halogens is 1. The minimum atomic E-state index is -3.52. The number of nitrogens with one attached hydrogen (secondary N) is 1. The molecule has 130 valence electrons. The molecule has 2 saturated heterocycles. The van der Waals surface area contributed by atoms with Gasteiger partial charge in [-0.05, 0) is 12.8 Å². The van der Waals surface area contributed by atoms with Crippen molar-refractivity contribution in [1.29, 1.82) is 0 Å². The number of amides is 1. The smallest absolute Gasteiger partial charge is 0.282 e. The van der Waals surface area contributed by atoms with E-state index >= 15 is 0 Å². The first kappa shape index (κ1) is 19.6. The van der Waals surface area contributed by atoms with Gasteiger partial charge in [-0.25, -0.2) is 0 Å². The maximum atomic E-state index is 12.5. The monoisotopic (exact) mass is 354 g/mol. The van der Waals surface area contributed by atoms with Gasteiger partial charge in [-0.15, -0.1) is 12.4 Å². The van der Waals surface area contributed by atoms with Crippen molar-refractivity contribution >= 4 is 28.5 Å². The second kappa shape index (κ2) is 9.02. The van der Waals surface area contributed by atoms with E-state index in [1.807, 2.05) is 0 Å². The largest absolute Gasteiger partial charge is 0.339 e. The van der Waals surface area contributed by atoms with Crippen molar-refractivity contribution in [3.63, 3.8) is 0 Å². The van der Waals surface area contributed by atoms with Gasteiger partial charge in [-0.2, -0.15) is 17.0 Å². The van der Waals surface area contributed by atoms with Crippen molar-refractivity contribution < 1.29 is 13.2 Å². The minimum Gasteiger partial charge on any atom is -0.339 e. The summed E-state index contributed by atoms with van der Waals surface area (Å²) in [6, 6.07) is 0. The van der Waals surface area contributed by atoms with Crippen LogP contribution in [0, 0.1) is 0 Å². The van der Waals surface area contributed by atoms with Crippen LogP contribution >= 0.6 is 12.4 Å². The van der Waals surface area contributed by atoms with Gasteiger partial charge in [0.25, 0.3) is 10.2 Å². The maximum absolute atomic E-state index is 12.5. The first-order valence-electron chi connectivity index (χ1n) is 7.72. The highest BCUT2D eigenvalue weighted by Gasteiger charge is 2.30. The second-order valence-electron chi connectivity index (χ2n) is 5.71. The third-order valence-corrected chi connectivity index (χ3v) is 6.05. The van der Waals surface area contributed by atoms with Crippen LogP contribution in [0.5, 0.6) is 0 Å². The Hall–Kier alpha value is -0.410. The lowest BCUT2D eigenvalue weighted by Crippen LogP contribution is -2.51. The molecule has 0 radical (unpaired) electrons. The van der Waals surface area contributed by atoms with E-state index in [1.165, 1.54) is 15.7 Å². The van der Waals surface area contributed by atoms with Crippen molar-refractivity contribution in [2.75, 3.05) is 52.9 Å². The van der Waals surface area contributed by atoms with Crippen molar-refractivity contribution in [3.8, 4) is 0 Å². The SMILES string of the molecule is CN(CC(=O)N1CCNCC1)S(=O)(=O)N1CCCCCC1.Cl. The summed E-state index contributed by atoms with van der Waals surface area (Å²) in [5.74, 6) is -0.114. The van der Waals surface area contributed by atoms with E-state index < -0.39 is 10.2 Å². The summed E-state index contributed by atoms with van der Waals surface area (Å²) < 4.78 is 27.8. The van der Waals surface area contributed by atoms with E-state index in [4.69, 9.17) is 0 Å². The predicted molar refractivity (Wildman–Crippen MR) is 88.3 cm³/mol. The molecule has 0 spiro atoms. The van der Waals surface area contributed by atoms with Crippen LogP contribution in [-0.4, -0.2) is 80.7 Å². The lowest BCUT2D eigenvalue weighted by Gasteiger charge is -2.30. The van der Waals surface area contributed by atoms with Gasteiger partial charge >= 0.3 is 0 Å². The molecule has 0 aromatic heterocycles. The first-order chi connectivity index (χ1) is 10.0. The minimum absolute atomic E-state index is 0. The summed E-state index contributed by atoms with van der Waals surface area (Å²) >= 11 is 0. The molecule has 2 fully saturated rings. The number of hydrogen-bond donors (Lipinski definition) is 1. The van der Waals surface area contributed by atoms with E-state index in [-0.39, 0.29) is 24.9 Å². The standard InChI is InChI=1S/C13H26N4O3S.ClH/c1-15(12-13(18)16-10-6-14-7-11-16)21(19,20)17-8-4-2-3-5-9-17;/h14H,2-12H2,1H3;1H. The summed E-state index contributed by atoms with van der Waals surface area (Å²) in [6.07, 6.45) is 3.96. The molecule has 1 N–H and O–H groups in total. The van der Waals surface area contributed by atoms with Crippen molar-refractivity contribution in [3.05, 3.63) is 0 Å². The molecule has 0 saturated carbocycles. The van der Waals surface area contributed by atoms with E-state index in [0.29, 0.717) is 26.2 Å². The first-order valence-corrected chi connectivity index (χ1v) is 9.11. The molecule has 0 aliphatic carbocycles. The highest BCUT2D eigenvalue weighted by Crippen LogP contribution is 2.15. The van der Waals surface area contributed by atoms with Crippen LogP contribution in [-0.2, 0) is 15.0 Å². The maximum Gasteiger partial charge on any atom is 0.282 e. The van der Waals surface area contributed by atoms with E-state index in [2.05, 4.69) is 5.32 Å². The molecule has 0 unspecified atom stereocenters. The number of piperazine rings is 1. The molecule has 22 heavy (non-hydrogen) atoms. The van der Waals surface area contributed by atoms with Crippen molar-refractivity contribution in [2.45, 2.75) is 25.7 Å². The number of likely N-dealkylation sites (N-methyl/N-ethyl adjacent to an activating group) is 1. The molecule has 0 aromatic rings. The molecular formula is C13H27ClN4O3S. The number of hydrogen-bond acceptors (Lipinski definition) is 4. The number of carbonyl (C=O) groups excluding carboxylic acids is 1. The Bertz CT molecular complexity index is 446. The van der Waals surface area contributed by atoms with Crippen LogP contribution in [0.25, 0.3) is 0 Å². The van der Waals surface area contributed by atoms with Gasteiger partial charge in [0.15, 0.2) is 0 Å². The Labute approximate surface area is 139 Å². The van der Waals surface area contributed by atoms with Crippen LogP contribution in [0.2, 0.25) is 0 Å².